The smallest absolute Gasteiger partial charge is 0.261 e. The van der Waals surface area contributed by atoms with Crippen LogP contribution in [0.3, 0.4) is 0 Å². The fraction of sp³-hybridized carbons (Fsp3) is 0.0455. The van der Waals surface area contributed by atoms with Crippen molar-refractivity contribution in [3.8, 4) is 5.75 Å². The third-order valence-electron chi connectivity index (χ3n) is 4.12. The van der Waals surface area contributed by atoms with Gasteiger partial charge in [-0.25, -0.2) is 0 Å². The first kappa shape index (κ1) is 22.6. The Kier molecular flexibility index (Phi) is 7.46. The molecule has 158 valence electrons. The van der Waals surface area contributed by atoms with E-state index in [4.69, 9.17) is 40.2 Å². The minimum absolute atomic E-state index is 0.0998. The van der Waals surface area contributed by atoms with Gasteiger partial charge in [0, 0.05) is 27.0 Å². The number of anilines is 2. The molecule has 3 aromatic carbocycles. The van der Waals surface area contributed by atoms with E-state index in [2.05, 4.69) is 16.0 Å². The van der Waals surface area contributed by atoms with E-state index in [1.165, 1.54) is 13.2 Å². The molecular formula is C22H17Cl2N3O3S. The van der Waals surface area contributed by atoms with Crippen molar-refractivity contribution in [3.05, 3.63) is 87.9 Å². The topological polar surface area (TPSA) is 79.5 Å². The molecule has 0 saturated heterocycles. The summed E-state index contributed by atoms with van der Waals surface area (Å²) in [6.45, 7) is 0. The second-order valence-corrected chi connectivity index (χ2v) is 7.58. The molecule has 0 aromatic heterocycles. The van der Waals surface area contributed by atoms with Gasteiger partial charge in [-0.05, 0) is 72.9 Å². The van der Waals surface area contributed by atoms with Gasteiger partial charge in [-0.15, -0.1) is 0 Å². The Morgan fingerprint density at radius 1 is 0.839 bits per heavy atom. The number of benzene rings is 3. The number of methoxy groups -OCH3 is 1. The molecule has 0 atom stereocenters. The van der Waals surface area contributed by atoms with Crippen molar-refractivity contribution in [2.24, 2.45) is 0 Å². The van der Waals surface area contributed by atoms with Crippen molar-refractivity contribution in [2.45, 2.75) is 0 Å². The van der Waals surface area contributed by atoms with Crippen molar-refractivity contribution in [3.63, 3.8) is 0 Å². The summed E-state index contributed by atoms with van der Waals surface area (Å²) in [5.41, 5.74) is 1.94. The molecule has 6 nitrogen and oxygen atoms in total. The molecule has 0 aliphatic heterocycles. The molecule has 0 spiro atoms. The van der Waals surface area contributed by atoms with Gasteiger partial charge in [0.1, 0.15) is 5.75 Å². The number of carbonyl (C=O) groups is 2. The molecule has 0 aliphatic carbocycles. The highest BCUT2D eigenvalue weighted by atomic mass is 35.5. The van der Waals surface area contributed by atoms with Crippen LogP contribution < -0.4 is 20.7 Å². The Morgan fingerprint density at radius 3 is 2.13 bits per heavy atom. The molecule has 0 aliphatic rings. The molecule has 3 rings (SSSR count). The number of amides is 2. The summed E-state index contributed by atoms with van der Waals surface area (Å²) in [6.07, 6.45) is 0. The lowest BCUT2D eigenvalue weighted by Gasteiger charge is -2.12. The van der Waals surface area contributed by atoms with Crippen molar-refractivity contribution >= 4 is 63.7 Å². The Labute approximate surface area is 194 Å². The Hall–Kier alpha value is -3.13. The summed E-state index contributed by atoms with van der Waals surface area (Å²) < 4.78 is 5.18. The highest BCUT2D eigenvalue weighted by Crippen LogP contribution is 2.22. The zero-order chi connectivity index (χ0) is 22.4. The van der Waals surface area contributed by atoms with Gasteiger partial charge in [-0.3, -0.25) is 14.9 Å². The normalized spacial score (nSPS) is 10.2. The van der Waals surface area contributed by atoms with E-state index in [1.807, 2.05) is 0 Å². The number of halogens is 2. The minimum atomic E-state index is -0.456. The van der Waals surface area contributed by atoms with Crippen LogP contribution in [0.15, 0.2) is 66.7 Å². The van der Waals surface area contributed by atoms with E-state index in [0.29, 0.717) is 32.7 Å². The van der Waals surface area contributed by atoms with Gasteiger partial charge >= 0.3 is 0 Å². The molecule has 3 N–H and O–H groups in total. The van der Waals surface area contributed by atoms with Gasteiger partial charge in [0.15, 0.2) is 5.11 Å². The lowest BCUT2D eigenvalue weighted by atomic mass is 10.2. The molecule has 0 heterocycles. The van der Waals surface area contributed by atoms with Crippen molar-refractivity contribution in [2.75, 3.05) is 17.7 Å². The molecule has 3 aromatic rings. The summed E-state index contributed by atoms with van der Waals surface area (Å²) in [5.74, 6) is -0.354. The maximum absolute atomic E-state index is 12.5. The van der Waals surface area contributed by atoms with Gasteiger partial charge < -0.3 is 15.4 Å². The summed E-state index contributed by atoms with van der Waals surface area (Å²) in [5, 5.41) is 9.26. The fourth-order valence-corrected chi connectivity index (χ4v) is 3.23. The average Bonchev–Trinajstić information content (AvgIpc) is 2.75. The first-order valence-corrected chi connectivity index (χ1v) is 10.1. The highest BCUT2D eigenvalue weighted by Gasteiger charge is 2.14. The summed E-state index contributed by atoms with van der Waals surface area (Å²) >= 11 is 17.1. The van der Waals surface area contributed by atoms with Crippen molar-refractivity contribution < 1.29 is 14.3 Å². The number of ether oxygens (including phenoxy) is 1. The highest BCUT2D eigenvalue weighted by molar-refractivity contribution is 7.80. The molecule has 2 amide bonds. The van der Waals surface area contributed by atoms with Crippen LogP contribution in [-0.4, -0.2) is 24.0 Å². The fourth-order valence-electron chi connectivity index (χ4n) is 2.66. The van der Waals surface area contributed by atoms with Gasteiger partial charge in [0.2, 0.25) is 0 Å². The van der Waals surface area contributed by atoms with Crippen molar-refractivity contribution in [1.82, 2.24) is 5.32 Å². The third-order valence-corrected chi connectivity index (χ3v) is 4.79. The number of hydrogen-bond acceptors (Lipinski definition) is 4. The van der Waals surface area contributed by atoms with E-state index < -0.39 is 5.91 Å². The van der Waals surface area contributed by atoms with Gasteiger partial charge in [0.05, 0.1) is 12.7 Å². The van der Waals surface area contributed by atoms with Crippen LogP contribution in [0.4, 0.5) is 11.4 Å². The van der Waals surface area contributed by atoms with Crippen LogP contribution in [0.1, 0.15) is 20.7 Å². The second kappa shape index (κ2) is 10.3. The van der Waals surface area contributed by atoms with E-state index in [-0.39, 0.29) is 16.6 Å². The maximum Gasteiger partial charge on any atom is 0.261 e. The molecule has 0 saturated carbocycles. The quantitative estimate of drug-likeness (QED) is 0.433. The van der Waals surface area contributed by atoms with Gasteiger partial charge in [-0.1, -0.05) is 29.3 Å². The predicted molar refractivity (Wildman–Crippen MR) is 128 cm³/mol. The third kappa shape index (κ3) is 6.18. The average molecular weight is 474 g/mol. The van der Waals surface area contributed by atoms with Gasteiger partial charge in [-0.2, -0.15) is 0 Å². The molecule has 0 fully saturated rings. The number of rotatable bonds is 5. The largest absolute Gasteiger partial charge is 0.496 e. The lowest BCUT2D eigenvalue weighted by Crippen LogP contribution is -2.34. The predicted octanol–water partition coefficient (Wildman–Crippen LogP) is 5.38. The van der Waals surface area contributed by atoms with Crippen LogP contribution in [0.2, 0.25) is 10.0 Å². The second-order valence-electron chi connectivity index (χ2n) is 6.29. The van der Waals surface area contributed by atoms with Crippen LogP contribution in [0.5, 0.6) is 5.75 Å². The van der Waals surface area contributed by atoms with E-state index in [9.17, 15) is 9.59 Å². The lowest BCUT2D eigenvalue weighted by molar-refractivity contribution is 0.0973. The SMILES string of the molecule is COc1ccc(Cl)cc1C(=O)NC(=S)Nc1ccc(NC(=O)c2cccc(Cl)c2)cc1. The molecule has 0 bridgehead atoms. The van der Waals surface area contributed by atoms with Crippen molar-refractivity contribution in [1.29, 1.82) is 0 Å². The van der Waals surface area contributed by atoms with Crippen LogP contribution >= 0.6 is 35.4 Å². The minimum Gasteiger partial charge on any atom is -0.496 e. The molecule has 9 heteroatoms. The first-order chi connectivity index (χ1) is 14.9. The van der Waals surface area contributed by atoms with E-state index in [0.717, 1.165) is 0 Å². The molecule has 31 heavy (non-hydrogen) atoms. The number of thiocarbonyl (C=S) groups is 1. The maximum atomic E-state index is 12.5. The molecule has 0 radical (unpaired) electrons. The first-order valence-electron chi connectivity index (χ1n) is 8.98. The summed E-state index contributed by atoms with van der Waals surface area (Å²) in [4.78, 5) is 24.8. The number of hydrogen-bond donors (Lipinski definition) is 3. The van der Waals surface area contributed by atoms with E-state index in [1.54, 1.807) is 60.7 Å². The van der Waals surface area contributed by atoms with Crippen LogP contribution in [0.25, 0.3) is 0 Å². The Balaban J connectivity index is 1.59. The zero-order valence-electron chi connectivity index (χ0n) is 16.2. The van der Waals surface area contributed by atoms with Gasteiger partial charge in [0.25, 0.3) is 11.8 Å². The Bertz CT molecular complexity index is 1140. The van der Waals surface area contributed by atoms with Crippen LogP contribution in [-0.2, 0) is 0 Å². The standard InChI is InChI=1S/C22H17Cl2N3O3S/c1-30-19-10-5-15(24)12-18(19)21(29)27-22(31)26-17-8-6-16(7-9-17)25-20(28)13-3-2-4-14(23)11-13/h2-12H,1H3,(H,25,28)(H2,26,27,29,31). The molecule has 0 unspecified atom stereocenters. The number of carbonyl (C=O) groups excluding carboxylic acids is 2. The monoisotopic (exact) mass is 473 g/mol. The molecular weight excluding hydrogens is 457 g/mol. The summed E-state index contributed by atoms with van der Waals surface area (Å²) in [7, 11) is 1.46. The van der Waals surface area contributed by atoms with E-state index >= 15 is 0 Å². The summed E-state index contributed by atoms with van der Waals surface area (Å²) in [6, 6.07) is 18.2. The number of nitrogens with one attached hydrogen (secondary N) is 3. The zero-order valence-corrected chi connectivity index (χ0v) is 18.6. The Morgan fingerprint density at radius 2 is 1.48 bits per heavy atom. The van der Waals surface area contributed by atoms with Crippen LogP contribution in [0, 0.1) is 0 Å².